The molecule has 0 radical (unpaired) electrons. The number of allylic oxidation sites excluding steroid dienone is 1. The number of hydrogen-bond donors (Lipinski definition) is 2. The van der Waals surface area contributed by atoms with Crippen LogP contribution in [-0.4, -0.2) is 18.3 Å². The Morgan fingerprint density at radius 3 is 2.58 bits per heavy atom. The summed E-state index contributed by atoms with van der Waals surface area (Å²) in [5.74, 6) is 1.09. The number of nitrogens with two attached hydrogens (primary N) is 1. The second-order valence-corrected chi connectivity index (χ2v) is 4.95. The topological polar surface area (TPSA) is 55.5 Å². The predicted octanol–water partition coefficient (Wildman–Crippen LogP) is 3.60. The van der Waals surface area contributed by atoms with Gasteiger partial charge in [0.15, 0.2) is 0 Å². The number of aromatic hydroxyl groups is 1. The van der Waals surface area contributed by atoms with Crippen molar-refractivity contribution in [3.8, 4) is 11.5 Å². The van der Waals surface area contributed by atoms with E-state index in [9.17, 15) is 5.11 Å². The van der Waals surface area contributed by atoms with Gasteiger partial charge in [-0.05, 0) is 47.7 Å². The molecular weight excluding hydrogens is 377 g/mol. The van der Waals surface area contributed by atoms with Crippen LogP contribution in [0.2, 0.25) is 0 Å². The summed E-state index contributed by atoms with van der Waals surface area (Å²) in [7, 11) is 0. The summed E-state index contributed by atoms with van der Waals surface area (Å²) in [6, 6.07) is 3.40. The van der Waals surface area contributed by atoms with Crippen molar-refractivity contribution in [2.24, 2.45) is 5.73 Å². The lowest BCUT2D eigenvalue weighted by Gasteiger charge is -2.20. The largest absolute Gasteiger partial charge is 0.507 e. The van der Waals surface area contributed by atoms with Gasteiger partial charge in [-0.3, -0.25) is 0 Å². The first-order chi connectivity index (χ1) is 8.65. The zero-order valence-corrected chi connectivity index (χ0v) is 13.6. The fourth-order valence-electron chi connectivity index (χ4n) is 1.75. The number of rotatable bonds is 7. The monoisotopic (exact) mass is 395 g/mol. The van der Waals surface area contributed by atoms with E-state index in [1.165, 1.54) is 0 Å². The number of phenols is 1. The summed E-state index contributed by atoms with van der Waals surface area (Å²) in [4.78, 5) is 0. The van der Waals surface area contributed by atoms with E-state index in [2.05, 4.69) is 35.7 Å². The molecule has 3 N–H and O–H groups in total. The Balaban J connectivity index is 0.00000324. The molecule has 1 atom stereocenters. The van der Waals surface area contributed by atoms with Crippen LogP contribution in [-0.2, 0) is 0 Å². The van der Waals surface area contributed by atoms with Crippen molar-refractivity contribution >= 4 is 35.0 Å². The van der Waals surface area contributed by atoms with Crippen LogP contribution in [0.15, 0.2) is 37.4 Å². The zero-order valence-electron chi connectivity index (χ0n) is 10.6. The van der Waals surface area contributed by atoms with Crippen LogP contribution in [0.4, 0.5) is 0 Å². The highest BCUT2D eigenvalue weighted by Crippen LogP contribution is 2.37. The molecule has 1 rings (SSSR count). The fourth-order valence-corrected chi connectivity index (χ4v) is 2.64. The van der Waals surface area contributed by atoms with Crippen LogP contribution in [0.5, 0.6) is 11.5 Å². The smallest absolute Gasteiger partial charge is 0.129 e. The SMILES string of the molecule is C=CCOc1ccc(O)c(I)c1C(CN)CC=C.Cl. The first-order valence-electron chi connectivity index (χ1n) is 5.71. The molecule has 0 saturated heterocycles. The van der Waals surface area contributed by atoms with Gasteiger partial charge in [-0.25, -0.2) is 0 Å². The molecule has 106 valence electrons. The molecular formula is C14H19ClINO2. The number of hydrogen-bond acceptors (Lipinski definition) is 3. The minimum absolute atomic E-state index is 0. The summed E-state index contributed by atoms with van der Waals surface area (Å²) >= 11 is 2.11. The third-order valence-electron chi connectivity index (χ3n) is 2.62. The van der Waals surface area contributed by atoms with Crippen molar-refractivity contribution in [3.63, 3.8) is 0 Å². The molecule has 19 heavy (non-hydrogen) atoms. The van der Waals surface area contributed by atoms with Gasteiger partial charge >= 0.3 is 0 Å². The van der Waals surface area contributed by atoms with E-state index >= 15 is 0 Å². The summed E-state index contributed by atoms with van der Waals surface area (Å²) in [6.45, 7) is 8.28. The number of ether oxygens (including phenoxy) is 1. The second-order valence-electron chi connectivity index (χ2n) is 3.87. The van der Waals surface area contributed by atoms with E-state index in [1.807, 2.05) is 6.08 Å². The molecule has 0 bridgehead atoms. The molecule has 1 aromatic carbocycles. The van der Waals surface area contributed by atoms with Crippen LogP contribution >= 0.6 is 35.0 Å². The van der Waals surface area contributed by atoms with Crippen LogP contribution in [0.3, 0.4) is 0 Å². The average Bonchev–Trinajstić information content (AvgIpc) is 2.38. The molecule has 0 heterocycles. The summed E-state index contributed by atoms with van der Waals surface area (Å²) in [5.41, 5.74) is 6.74. The number of benzene rings is 1. The molecule has 0 fully saturated rings. The molecule has 3 nitrogen and oxygen atoms in total. The van der Waals surface area contributed by atoms with Gasteiger partial charge in [0.05, 0.1) is 3.57 Å². The van der Waals surface area contributed by atoms with Crippen molar-refractivity contribution in [1.82, 2.24) is 0 Å². The third-order valence-corrected chi connectivity index (χ3v) is 3.75. The van der Waals surface area contributed by atoms with Crippen LogP contribution in [0.25, 0.3) is 0 Å². The lowest BCUT2D eigenvalue weighted by molar-refractivity contribution is 0.354. The lowest BCUT2D eigenvalue weighted by Crippen LogP contribution is -2.14. The van der Waals surface area contributed by atoms with Gasteiger partial charge < -0.3 is 15.6 Å². The minimum Gasteiger partial charge on any atom is -0.507 e. The Morgan fingerprint density at radius 1 is 1.37 bits per heavy atom. The van der Waals surface area contributed by atoms with Gasteiger partial charge in [0, 0.05) is 11.5 Å². The zero-order chi connectivity index (χ0) is 13.5. The van der Waals surface area contributed by atoms with E-state index in [-0.39, 0.29) is 24.1 Å². The Morgan fingerprint density at radius 2 is 2.05 bits per heavy atom. The first kappa shape index (κ1) is 18.3. The highest BCUT2D eigenvalue weighted by Gasteiger charge is 2.19. The normalized spacial score (nSPS) is 11.3. The quantitative estimate of drug-likeness (QED) is 0.548. The molecule has 0 amide bonds. The Kier molecular flexibility index (Phi) is 8.88. The summed E-state index contributed by atoms with van der Waals surface area (Å²) < 4.78 is 6.41. The Bertz CT molecular complexity index is 438. The maximum absolute atomic E-state index is 9.81. The average molecular weight is 396 g/mol. The van der Waals surface area contributed by atoms with E-state index in [4.69, 9.17) is 10.5 Å². The van der Waals surface area contributed by atoms with Gasteiger partial charge in [0.25, 0.3) is 0 Å². The molecule has 0 aliphatic carbocycles. The van der Waals surface area contributed by atoms with E-state index in [0.717, 1.165) is 21.3 Å². The number of halogens is 2. The van der Waals surface area contributed by atoms with Crippen molar-refractivity contribution < 1.29 is 9.84 Å². The van der Waals surface area contributed by atoms with Gasteiger partial charge in [-0.2, -0.15) is 0 Å². The molecule has 1 aromatic rings. The highest BCUT2D eigenvalue weighted by molar-refractivity contribution is 14.1. The van der Waals surface area contributed by atoms with Crippen LogP contribution < -0.4 is 10.5 Å². The van der Waals surface area contributed by atoms with E-state index in [0.29, 0.717) is 13.2 Å². The van der Waals surface area contributed by atoms with E-state index in [1.54, 1.807) is 18.2 Å². The molecule has 0 saturated carbocycles. The summed E-state index contributed by atoms with van der Waals surface area (Å²) in [5, 5.41) is 9.81. The molecule has 0 aliphatic heterocycles. The first-order valence-corrected chi connectivity index (χ1v) is 6.79. The molecule has 0 aromatic heterocycles. The third kappa shape index (κ3) is 4.71. The maximum atomic E-state index is 9.81. The van der Waals surface area contributed by atoms with Crippen molar-refractivity contribution in [2.45, 2.75) is 12.3 Å². The molecule has 0 spiro atoms. The second kappa shape index (κ2) is 9.23. The maximum Gasteiger partial charge on any atom is 0.129 e. The van der Waals surface area contributed by atoms with Gasteiger partial charge in [0.2, 0.25) is 0 Å². The van der Waals surface area contributed by atoms with E-state index < -0.39 is 0 Å². The minimum atomic E-state index is 0. The van der Waals surface area contributed by atoms with Crippen LogP contribution in [0, 0.1) is 3.57 Å². The molecule has 1 unspecified atom stereocenters. The summed E-state index contributed by atoms with van der Waals surface area (Å²) in [6.07, 6.45) is 4.27. The van der Waals surface area contributed by atoms with Crippen molar-refractivity contribution in [2.75, 3.05) is 13.2 Å². The lowest BCUT2D eigenvalue weighted by atomic mass is 9.94. The van der Waals surface area contributed by atoms with Gasteiger partial charge in [0.1, 0.15) is 18.1 Å². The standard InChI is InChI=1S/C14H18INO2.ClH/c1-3-5-10(9-16)13-12(18-8-4-2)7-6-11(17)14(13)15;/h3-4,6-7,10,17H,1-2,5,8-9,16H2;1H. The number of phenolic OH excluding ortho intramolecular Hbond substituents is 1. The van der Waals surface area contributed by atoms with Gasteiger partial charge in [-0.15, -0.1) is 19.0 Å². The Hall–Kier alpha value is -0.720. The van der Waals surface area contributed by atoms with Crippen molar-refractivity contribution in [3.05, 3.63) is 46.6 Å². The molecule has 0 aliphatic rings. The van der Waals surface area contributed by atoms with Gasteiger partial charge in [-0.1, -0.05) is 18.7 Å². The Labute approximate surface area is 134 Å². The van der Waals surface area contributed by atoms with Crippen LogP contribution in [0.1, 0.15) is 17.9 Å². The fraction of sp³-hybridized carbons (Fsp3) is 0.286. The highest BCUT2D eigenvalue weighted by atomic mass is 127. The predicted molar refractivity (Wildman–Crippen MR) is 90.4 cm³/mol. The molecule has 5 heteroatoms. The van der Waals surface area contributed by atoms with Crippen molar-refractivity contribution in [1.29, 1.82) is 0 Å².